The van der Waals surface area contributed by atoms with Crippen molar-refractivity contribution in [1.29, 1.82) is 0 Å². The van der Waals surface area contributed by atoms with Crippen LogP contribution in [0.1, 0.15) is 6.92 Å². The van der Waals surface area contributed by atoms with E-state index in [1.165, 1.54) is 18.3 Å². The first-order valence-corrected chi connectivity index (χ1v) is 6.24. The highest BCUT2D eigenvalue weighted by Gasteiger charge is 2.05. The van der Waals surface area contributed by atoms with E-state index in [1.54, 1.807) is 24.3 Å². The van der Waals surface area contributed by atoms with Gasteiger partial charge in [0, 0.05) is 18.0 Å². The lowest BCUT2D eigenvalue weighted by Crippen LogP contribution is -2.28. The van der Waals surface area contributed by atoms with Gasteiger partial charge in [-0.15, -0.1) is 0 Å². The summed E-state index contributed by atoms with van der Waals surface area (Å²) in [6, 6.07) is 9.91. The molecule has 0 bridgehead atoms. The third-order valence-corrected chi connectivity index (χ3v) is 2.53. The number of amides is 1. The minimum Gasteiger partial charge on any atom is -0.494 e. The fourth-order valence-corrected chi connectivity index (χ4v) is 1.64. The van der Waals surface area contributed by atoms with Gasteiger partial charge in [-0.3, -0.25) is 9.59 Å². The van der Waals surface area contributed by atoms with E-state index in [0.29, 0.717) is 12.3 Å². The lowest BCUT2D eigenvalue weighted by atomic mass is 10.3. The predicted octanol–water partition coefficient (Wildman–Crippen LogP) is 1.28. The van der Waals surface area contributed by atoms with Crippen LogP contribution in [0.3, 0.4) is 0 Å². The molecule has 1 amide bonds. The SMILES string of the molecule is CCOc1ccc(NC(=O)Cn2ncccc2=O)cc1. The summed E-state index contributed by atoms with van der Waals surface area (Å²) in [5.41, 5.74) is 0.330. The van der Waals surface area contributed by atoms with Crippen LogP contribution < -0.4 is 15.6 Å². The Labute approximate surface area is 116 Å². The van der Waals surface area contributed by atoms with Crippen molar-refractivity contribution in [2.75, 3.05) is 11.9 Å². The van der Waals surface area contributed by atoms with Crippen LogP contribution in [-0.2, 0) is 11.3 Å². The molecule has 20 heavy (non-hydrogen) atoms. The molecule has 0 aliphatic heterocycles. The monoisotopic (exact) mass is 273 g/mol. The fraction of sp³-hybridized carbons (Fsp3) is 0.214. The summed E-state index contributed by atoms with van der Waals surface area (Å²) < 4.78 is 6.41. The number of anilines is 1. The minimum atomic E-state index is -0.311. The molecule has 0 atom stereocenters. The molecular weight excluding hydrogens is 258 g/mol. The Morgan fingerprint density at radius 3 is 2.70 bits per heavy atom. The Morgan fingerprint density at radius 1 is 1.30 bits per heavy atom. The number of hydrogen-bond acceptors (Lipinski definition) is 4. The molecule has 0 fully saturated rings. The number of aromatic nitrogens is 2. The van der Waals surface area contributed by atoms with E-state index in [9.17, 15) is 9.59 Å². The molecule has 0 aliphatic rings. The number of nitrogens with one attached hydrogen (secondary N) is 1. The van der Waals surface area contributed by atoms with Gasteiger partial charge in [0.15, 0.2) is 0 Å². The molecule has 0 spiro atoms. The Hall–Kier alpha value is -2.63. The summed E-state index contributed by atoms with van der Waals surface area (Å²) in [7, 11) is 0. The molecule has 0 unspecified atom stereocenters. The van der Waals surface area contributed by atoms with Gasteiger partial charge < -0.3 is 10.1 Å². The maximum absolute atomic E-state index is 11.8. The van der Waals surface area contributed by atoms with Gasteiger partial charge in [0.1, 0.15) is 12.3 Å². The van der Waals surface area contributed by atoms with Crippen molar-refractivity contribution in [3.63, 3.8) is 0 Å². The zero-order valence-corrected chi connectivity index (χ0v) is 11.1. The summed E-state index contributed by atoms with van der Waals surface area (Å²) >= 11 is 0. The highest BCUT2D eigenvalue weighted by atomic mass is 16.5. The Balaban J connectivity index is 1.98. The van der Waals surface area contributed by atoms with Crippen molar-refractivity contribution in [3.05, 3.63) is 52.9 Å². The normalized spacial score (nSPS) is 10.1. The molecule has 104 valence electrons. The van der Waals surface area contributed by atoms with Crippen molar-refractivity contribution >= 4 is 11.6 Å². The maximum Gasteiger partial charge on any atom is 0.267 e. The van der Waals surface area contributed by atoms with Crippen molar-refractivity contribution in [1.82, 2.24) is 9.78 Å². The Kier molecular flexibility index (Phi) is 4.49. The van der Waals surface area contributed by atoms with E-state index in [4.69, 9.17) is 4.74 Å². The van der Waals surface area contributed by atoms with Crippen LogP contribution in [0.25, 0.3) is 0 Å². The summed E-state index contributed by atoms with van der Waals surface area (Å²) in [4.78, 5) is 23.2. The summed E-state index contributed by atoms with van der Waals surface area (Å²) in [6.07, 6.45) is 1.46. The number of benzene rings is 1. The molecule has 6 nitrogen and oxygen atoms in total. The highest BCUT2D eigenvalue weighted by molar-refractivity contribution is 5.90. The average Bonchev–Trinajstić information content (AvgIpc) is 2.44. The Morgan fingerprint density at radius 2 is 2.05 bits per heavy atom. The van der Waals surface area contributed by atoms with Crippen LogP contribution in [0.4, 0.5) is 5.69 Å². The van der Waals surface area contributed by atoms with Gasteiger partial charge in [0.2, 0.25) is 5.91 Å². The maximum atomic E-state index is 11.8. The number of ether oxygens (including phenoxy) is 1. The van der Waals surface area contributed by atoms with Crippen molar-refractivity contribution in [2.24, 2.45) is 0 Å². The van der Waals surface area contributed by atoms with E-state index < -0.39 is 0 Å². The van der Waals surface area contributed by atoms with Crippen LogP contribution in [0, 0.1) is 0 Å². The van der Waals surface area contributed by atoms with Crippen LogP contribution in [0.2, 0.25) is 0 Å². The van der Waals surface area contributed by atoms with Crippen LogP contribution >= 0.6 is 0 Å². The first-order chi connectivity index (χ1) is 9.69. The number of hydrogen-bond donors (Lipinski definition) is 1. The summed E-state index contributed by atoms with van der Waals surface area (Å²) in [5.74, 6) is 0.432. The fourth-order valence-electron chi connectivity index (χ4n) is 1.64. The highest BCUT2D eigenvalue weighted by Crippen LogP contribution is 2.15. The van der Waals surface area contributed by atoms with Gasteiger partial charge in [0.05, 0.1) is 6.61 Å². The molecule has 1 aromatic carbocycles. The number of carbonyl (C=O) groups excluding carboxylic acids is 1. The zero-order chi connectivity index (χ0) is 14.4. The number of carbonyl (C=O) groups is 1. The molecule has 6 heteroatoms. The van der Waals surface area contributed by atoms with Crippen molar-refractivity contribution < 1.29 is 9.53 Å². The first-order valence-electron chi connectivity index (χ1n) is 6.24. The molecule has 2 rings (SSSR count). The second kappa shape index (κ2) is 6.51. The summed E-state index contributed by atoms with van der Waals surface area (Å²) in [6.45, 7) is 2.38. The van der Waals surface area contributed by atoms with Crippen LogP contribution in [0.15, 0.2) is 47.4 Å². The molecule has 1 aromatic heterocycles. The molecule has 0 aliphatic carbocycles. The average molecular weight is 273 g/mol. The van der Waals surface area contributed by atoms with Crippen molar-refractivity contribution in [2.45, 2.75) is 13.5 Å². The molecule has 0 saturated carbocycles. The molecule has 0 saturated heterocycles. The summed E-state index contributed by atoms with van der Waals surface area (Å²) in [5, 5.41) is 6.51. The lowest BCUT2D eigenvalue weighted by Gasteiger charge is -2.07. The Bertz CT molecular complexity index is 635. The smallest absolute Gasteiger partial charge is 0.267 e. The third kappa shape index (κ3) is 3.68. The van der Waals surface area contributed by atoms with E-state index in [-0.39, 0.29) is 18.0 Å². The topological polar surface area (TPSA) is 73.2 Å². The van der Waals surface area contributed by atoms with Gasteiger partial charge >= 0.3 is 0 Å². The quantitative estimate of drug-likeness (QED) is 0.890. The number of rotatable bonds is 5. The van der Waals surface area contributed by atoms with Gasteiger partial charge in [0.25, 0.3) is 5.56 Å². The molecular formula is C14H15N3O3. The van der Waals surface area contributed by atoms with Crippen LogP contribution in [-0.4, -0.2) is 22.3 Å². The van der Waals surface area contributed by atoms with Gasteiger partial charge in [-0.25, -0.2) is 4.68 Å². The number of nitrogens with zero attached hydrogens (tertiary/aromatic N) is 2. The largest absolute Gasteiger partial charge is 0.494 e. The molecule has 2 aromatic rings. The zero-order valence-electron chi connectivity index (χ0n) is 11.1. The van der Waals surface area contributed by atoms with E-state index >= 15 is 0 Å². The second-order valence-electron chi connectivity index (χ2n) is 4.03. The minimum absolute atomic E-state index is 0.118. The third-order valence-electron chi connectivity index (χ3n) is 2.53. The van der Waals surface area contributed by atoms with E-state index in [0.717, 1.165) is 10.4 Å². The first kappa shape index (κ1) is 13.8. The van der Waals surface area contributed by atoms with Crippen LogP contribution in [0.5, 0.6) is 5.75 Å². The molecule has 1 heterocycles. The molecule has 0 radical (unpaired) electrons. The standard InChI is InChI=1S/C14H15N3O3/c1-2-20-12-7-5-11(6-8-12)16-13(18)10-17-14(19)4-3-9-15-17/h3-9H,2,10H2,1H3,(H,16,18). The van der Waals surface area contributed by atoms with Gasteiger partial charge in [-0.05, 0) is 37.3 Å². The predicted molar refractivity (Wildman–Crippen MR) is 74.7 cm³/mol. The molecule has 1 N–H and O–H groups in total. The van der Waals surface area contributed by atoms with E-state index in [1.807, 2.05) is 6.92 Å². The van der Waals surface area contributed by atoms with E-state index in [2.05, 4.69) is 10.4 Å². The lowest BCUT2D eigenvalue weighted by molar-refractivity contribution is -0.117. The van der Waals surface area contributed by atoms with Gasteiger partial charge in [-0.1, -0.05) is 0 Å². The second-order valence-corrected chi connectivity index (χ2v) is 4.03. The van der Waals surface area contributed by atoms with Crippen molar-refractivity contribution in [3.8, 4) is 5.75 Å². The van der Waals surface area contributed by atoms with Gasteiger partial charge in [-0.2, -0.15) is 5.10 Å².